The van der Waals surface area contributed by atoms with Crippen LogP contribution in [0.2, 0.25) is 0 Å². The van der Waals surface area contributed by atoms with Crippen molar-refractivity contribution in [1.29, 1.82) is 0 Å². The molecule has 0 radical (unpaired) electrons. The molecule has 1 aromatic carbocycles. The summed E-state index contributed by atoms with van der Waals surface area (Å²) in [6.45, 7) is 2.49. The molecule has 1 saturated heterocycles. The van der Waals surface area contributed by atoms with Crippen molar-refractivity contribution in [2.45, 2.75) is 45.2 Å². The van der Waals surface area contributed by atoms with Crippen molar-refractivity contribution in [3.05, 3.63) is 48.0 Å². The van der Waals surface area contributed by atoms with E-state index in [0.29, 0.717) is 6.61 Å². The van der Waals surface area contributed by atoms with Gasteiger partial charge in [0, 0.05) is 12.7 Å². The zero-order valence-corrected chi connectivity index (χ0v) is 13.3. The molecule has 124 valence electrons. The van der Waals surface area contributed by atoms with Crippen molar-refractivity contribution in [2.24, 2.45) is 0 Å². The molecule has 5 heteroatoms. The number of carbonyl (C=O) groups is 2. The molecule has 1 aliphatic heterocycles. The zero-order chi connectivity index (χ0) is 16.5. The average molecular weight is 318 g/mol. The second-order valence-corrected chi connectivity index (χ2v) is 5.40. The van der Waals surface area contributed by atoms with Gasteiger partial charge in [-0.15, -0.1) is 0 Å². The predicted octanol–water partition coefficient (Wildman–Crippen LogP) is 2.79. The summed E-state index contributed by atoms with van der Waals surface area (Å²) >= 11 is 0. The van der Waals surface area contributed by atoms with Gasteiger partial charge in [0.25, 0.3) is 0 Å². The summed E-state index contributed by atoms with van der Waals surface area (Å²) in [5.41, 5.74) is 0.895. The fourth-order valence-electron chi connectivity index (χ4n) is 2.18. The summed E-state index contributed by atoms with van der Waals surface area (Å²) in [7, 11) is 0. The first-order valence-corrected chi connectivity index (χ1v) is 7.85. The molecule has 0 saturated carbocycles. The van der Waals surface area contributed by atoms with Crippen molar-refractivity contribution in [3.63, 3.8) is 0 Å². The normalized spacial score (nSPS) is 19.4. The van der Waals surface area contributed by atoms with Gasteiger partial charge in [-0.2, -0.15) is 0 Å². The van der Waals surface area contributed by atoms with Crippen LogP contribution in [0.5, 0.6) is 0 Å². The molecule has 23 heavy (non-hydrogen) atoms. The molecule has 0 aliphatic carbocycles. The van der Waals surface area contributed by atoms with Gasteiger partial charge >= 0.3 is 5.97 Å². The predicted molar refractivity (Wildman–Crippen MR) is 84.5 cm³/mol. The van der Waals surface area contributed by atoms with Gasteiger partial charge in [0.1, 0.15) is 12.7 Å². The second kappa shape index (κ2) is 9.22. The van der Waals surface area contributed by atoms with Crippen LogP contribution in [0.4, 0.5) is 0 Å². The number of ether oxygens (including phenoxy) is 3. The van der Waals surface area contributed by atoms with Crippen LogP contribution >= 0.6 is 0 Å². The smallest absolute Gasteiger partial charge is 0.331 e. The van der Waals surface area contributed by atoms with Crippen molar-refractivity contribution >= 4 is 11.8 Å². The number of carbonyl (C=O) groups excluding carboxylic acids is 2. The Labute approximate surface area is 136 Å². The molecular weight excluding hydrogens is 296 g/mol. The Morgan fingerprint density at radius 1 is 1.26 bits per heavy atom. The lowest BCUT2D eigenvalue weighted by Crippen LogP contribution is -2.30. The molecule has 1 unspecified atom stereocenters. The second-order valence-electron chi connectivity index (χ2n) is 5.40. The first kappa shape index (κ1) is 17.4. The average Bonchev–Trinajstić information content (AvgIpc) is 2.59. The number of hydrogen-bond donors (Lipinski definition) is 0. The summed E-state index contributed by atoms with van der Waals surface area (Å²) in [4.78, 5) is 23.5. The van der Waals surface area contributed by atoms with Gasteiger partial charge in [0.05, 0.1) is 0 Å². The molecule has 0 aromatic heterocycles. The van der Waals surface area contributed by atoms with Gasteiger partial charge in [-0.3, -0.25) is 4.79 Å². The van der Waals surface area contributed by atoms with Gasteiger partial charge in [0.2, 0.25) is 0 Å². The first-order valence-electron chi connectivity index (χ1n) is 7.85. The minimum atomic E-state index is -0.642. The molecular formula is C18H22O5. The Morgan fingerprint density at radius 2 is 2.04 bits per heavy atom. The van der Waals surface area contributed by atoms with Gasteiger partial charge in [-0.05, 0) is 37.8 Å². The van der Waals surface area contributed by atoms with E-state index in [1.807, 2.05) is 30.3 Å². The maximum absolute atomic E-state index is 11.9. The summed E-state index contributed by atoms with van der Waals surface area (Å²) in [6, 6.07) is 9.36. The molecule has 1 aliphatic rings. The number of esters is 1. The van der Waals surface area contributed by atoms with Crippen LogP contribution in [0, 0.1) is 0 Å². The Kier molecular flexibility index (Phi) is 6.97. The van der Waals surface area contributed by atoms with E-state index in [1.165, 1.54) is 6.08 Å². The summed E-state index contributed by atoms with van der Waals surface area (Å²) in [5.74, 6) is -0.834. The molecule has 2 atom stereocenters. The molecule has 1 aromatic rings. The molecule has 0 bridgehead atoms. The summed E-state index contributed by atoms with van der Waals surface area (Å²) in [5, 5.41) is 0. The fourth-order valence-corrected chi connectivity index (χ4v) is 2.18. The number of ketones is 1. The van der Waals surface area contributed by atoms with Gasteiger partial charge in [-0.1, -0.05) is 30.3 Å². The van der Waals surface area contributed by atoms with E-state index >= 15 is 0 Å². The third-order valence-electron chi connectivity index (χ3n) is 3.50. The largest absolute Gasteiger partial charge is 0.458 e. The number of hydrogen-bond acceptors (Lipinski definition) is 5. The molecule has 1 fully saturated rings. The topological polar surface area (TPSA) is 61.8 Å². The Bertz CT molecular complexity index is 532. The van der Waals surface area contributed by atoms with Crippen LogP contribution in [0.25, 0.3) is 0 Å². The summed E-state index contributed by atoms with van der Waals surface area (Å²) < 4.78 is 16.0. The minimum absolute atomic E-state index is 0.181. The third kappa shape index (κ3) is 6.34. The van der Waals surface area contributed by atoms with Crippen LogP contribution in [0.3, 0.4) is 0 Å². The highest BCUT2D eigenvalue weighted by atomic mass is 16.7. The lowest BCUT2D eigenvalue weighted by molar-refractivity contribution is -0.186. The molecule has 1 heterocycles. The van der Waals surface area contributed by atoms with Crippen LogP contribution in [-0.2, 0) is 30.4 Å². The highest BCUT2D eigenvalue weighted by Crippen LogP contribution is 2.15. The fraction of sp³-hybridized carbons (Fsp3) is 0.444. The van der Waals surface area contributed by atoms with Crippen LogP contribution in [-0.4, -0.2) is 30.8 Å². The Hall–Kier alpha value is -1.98. The molecule has 0 amide bonds. The maximum atomic E-state index is 11.9. The standard InChI is InChI=1S/C18H22O5/c1-14(23-18-9-5-6-12-21-18)16(19)10-11-17(20)22-13-15-7-3-2-4-8-15/h2-4,7-8,10-11,14,18H,5-6,9,12-13H2,1H3/b11-10+/t14-,18?/m0/s1. The van der Waals surface area contributed by atoms with E-state index < -0.39 is 12.1 Å². The number of benzene rings is 1. The molecule has 0 N–H and O–H groups in total. The van der Waals surface area contributed by atoms with E-state index in [-0.39, 0.29) is 18.7 Å². The van der Waals surface area contributed by atoms with Gasteiger partial charge in [-0.25, -0.2) is 4.79 Å². The van der Waals surface area contributed by atoms with E-state index in [2.05, 4.69) is 0 Å². The quantitative estimate of drug-likeness (QED) is 0.571. The monoisotopic (exact) mass is 318 g/mol. The SMILES string of the molecule is C[C@H](OC1CCCCO1)C(=O)/C=C/C(=O)OCc1ccccc1. The van der Waals surface area contributed by atoms with E-state index in [0.717, 1.165) is 30.9 Å². The number of rotatable bonds is 7. The molecule has 0 spiro atoms. The minimum Gasteiger partial charge on any atom is -0.458 e. The van der Waals surface area contributed by atoms with Crippen molar-refractivity contribution < 1.29 is 23.8 Å². The highest BCUT2D eigenvalue weighted by molar-refractivity contribution is 5.98. The van der Waals surface area contributed by atoms with Crippen molar-refractivity contribution in [3.8, 4) is 0 Å². The first-order chi connectivity index (χ1) is 11.1. The lowest BCUT2D eigenvalue weighted by Gasteiger charge is -2.24. The van der Waals surface area contributed by atoms with Gasteiger partial charge in [0.15, 0.2) is 12.1 Å². The van der Waals surface area contributed by atoms with Crippen LogP contribution < -0.4 is 0 Å². The highest BCUT2D eigenvalue weighted by Gasteiger charge is 2.20. The Morgan fingerprint density at radius 3 is 2.74 bits per heavy atom. The zero-order valence-electron chi connectivity index (χ0n) is 13.3. The van der Waals surface area contributed by atoms with Crippen LogP contribution in [0.1, 0.15) is 31.7 Å². The Balaban J connectivity index is 1.72. The molecule has 2 rings (SSSR count). The van der Waals surface area contributed by atoms with Crippen LogP contribution in [0.15, 0.2) is 42.5 Å². The van der Waals surface area contributed by atoms with Gasteiger partial charge < -0.3 is 14.2 Å². The lowest BCUT2D eigenvalue weighted by atomic mass is 10.2. The maximum Gasteiger partial charge on any atom is 0.331 e. The van der Waals surface area contributed by atoms with E-state index in [9.17, 15) is 9.59 Å². The van der Waals surface area contributed by atoms with Crippen molar-refractivity contribution in [2.75, 3.05) is 6.61 Å². The summed E-state index contributed by atoms with van der Waals surface area (Å²) in [6.07, 6.45) is 4.20. The third-order valence-corrected chi connectivity index (χ3v) is 3.50. The van der Waals surface area contributed by atoms with Crippen molar-refractivity contribution in [1.82, 2.24) is 0 Å². The van der Waals surface area contributed by atoms with E-state index in [1.54, 1.807) is 6.92 Å². The molecule has 5 nitrogen and oxygen atoms in total. The van der Waals surface area contributed by atoms with E-state index in [4.69, 9.17) is 14.2 Å².